The van der Waals surface area contributed by atoms with Gasteiger partial charge in [0.15, 0.2) is 0 Å². The first-order valence-corrected chi connectivity index (χ1v) is 10.1. The monoisotopic (exact) mass is 419 g/mol. The molecule has 0 atom stereocenters. The molecule has 0 aliphatic carbocycles. The number of hydrogen-bond acceptors (Lipinski definition) is 2. The van der Waals surface area contributed by atoms with E-state index in [9.17, 15) is 13.2 Å². The maximum absolute atomic E-state index is 13.4. The van der Waals surface area contributed by atoms with Crippen molar-refractivity contribution in [3.05, 3.63) is 95.7 Å². The van der Waals surface area contributed by atoms with Crippen LogP contribution in [0.15, 0.2) is 72.9 Å². The van der Waals surface area contributed by atoms with E-state index in [1.165, 1.54) is 17.8 Å². The molecule has 157 valence electrons. The quantitative estimate of drug-likeness (QED) is 0.363. The van der Waals surface area contributed by atoms with Crippen molar-refractivity contribution in [1.29, 1.82) is 0 Å². The highest BCUT2D eigenvalue weighted by molar-refractivity contribution is 5.96. The summed E-state index contributed by atoms with van der Waals surface area (Å²) in [4.78, 5) is 3.96. The smallest absolute Gasteiger partial charge is 0.381 e. The van der Waals surface area contributed by atoms with E-state index in [2.05, 4.69) is 54.5 Å². The minimum absolute atomic E-state index is 0.0626. The molecule has 0 fully saturated rings. The molecule has 1 heterocycles. The summed E-state index contributed by atoms with van der Waals surface area (Å²) in [5, 5.41) is 3.82. The van der Waals surface area contributed by atoms with Crippen LogP contribution in [0.5, 0.6) is 0 Å². The van der Waals surface area contributed by atoms with Gasteiger partial charge in [-0.05, 0) is 40.8 Å². The van der Waals surface area contributed by atoms with E-state index in [1.807, 2.05) is 24.3 Å². The van der Waals surface area contributed by atoms with Crippen LogP contribution in [-0.2, 0) is 12.7 Å². The Bertz CT molecular complexity index is 1200. The zero-order valence-electron chi connectivity index (χ0n) is 17.3. The molecule has 0 bridgehead atoms. The molecule has 2 nitrogen and oxygen atoms in total. The van der Waals surface area contributed by atoms with Gasteiger partial charge in [-0.3, -0.25) is 4.98 Å². The first-order chi connectivity index (χ1) is 14.8. The molecular weight excluding hydrogens is 397 g/mol. The molecule has 0 aliphatic rings. The Morgan fingerprint density at radius 2 is 1.71 bits per heavy atom. The number of pyridine rings is 1. The molecule has 0 amide bonds. The Morgan fingerprint density at radius 1 is 0.968 bits per heavy atom. The summed E-state index contributed by atoms with van der Waals surface area (Å²) < 4.78 is 40.2. The number of aromatic nitrogens is 1. The van der Waals surface area contributed by atoms with Crippen LogP contribution in [0.3, 0.4) is 0 Å². The second-order valence-corrected chi connectivity index (χ2v) is 7.81. The third kappa shape index (κ3) is 4.55. The van der Waals surface area contributed by atoms with E-state index in [4.69, 9.17) is 0 Å². The summed E-state index contributed by atoms with van der Waals surface area (Å²) in [5.74, 6) is 0.489. The summed E-state index contributed by atoms with van der Waals surface area (Å²) in [5.41, 5.74) is 3.92. The number of halogens is 3. The van der Waals surface area contributed by atoms with Gasteiger partial charge >= 0.3 is 6.18 Å². The molecule has 5 heteroatoms. The molecule has 0 aliphatic heterocycles. The summed E-state index contributed by atoms with van der Waals surface area (Å²) in [7, 11) is 0. The first-order valence-electron chi connectivity index (χ1n) is 10.1. The van der Waals surface area contributed by atoms with Crippen molar-refractivity contribution < 1.29 is 13.2 Å². The molecule has 0 unspecified atom stereocenters. The molecule has 1 N–H and O–H groups in total. The van der Waals surface area contributed by atoms with Gasteiger partial charge in [-0.1, -0.05) is 62.4 Å². The Labute approximate surface area is 179 Å². The van der Waals surface area contributed by atoms with Crippen molar-refractivity contribution in [1.82, 2.24) is 4.98 Å². The highest BCUT2D eigenvalue weighted by atomic mass is 19.4. The number of anilines is 1. The maximum Gasteiger partial charge on any atom is 0.418 e. The van der Waals surface area contributed by atoms with E-state index in [0.29, 0.717) is 23.4 Å². The molecule has 4 aromatic rings. The number of fused-ring (bicyclic) bond motifs is 1. The molecule has 3 aromatic carbocycles. The second kappa shape index (κ2) is 8.42. The van der Waals surface area contributed by atoms with Gasteiger partial charge in [-0.15, -0.1) is 0 Å². The fourth-order valence-electron chi connectivity index (χ4n) is 3.60. The number of para-hydroxylation sites is 1. The van der Waals surface area contributed by atoms with Gasteiger partial charge in [-0.25, -0.2) is 0 Å². The predicted molar refractivity (Wildman–Crippen MR) is 119 cm³/mol. The van der Waals surface area contributed by atoms with E-state index >= 15 is 0 Å². The van der Waals surface area contributed by atoms with Gasteiger partial charge in [0, 0.05) is 35.4 Å². The normalized spacial score (nSPS) is 11.8. The molecule has 1 radical (unpaired) electrons. The van der Waals surface area contributed by atoms with E-state index in [0.717, 1.165) is 22.9 Å². The third-order valence-corrected chi connectivity index (χ3v) is 5.31. The minimum Gasteiger partial charge on any atom is -0.381 e. The number of hydrogen-bond donors (Lipinski definition) is 1. The highest BCUT2D eigenvalue weighted by Gasteiger charge is 2.33. The number of nitrogens with one attached hydrogen (secondary N) is 1. The van der Waals surface area contributed by atoms with Crippen LogP contribution >= 0.6 is 0 Å². The highest BCUT2D eigenvalue weighted by Crippen LogP contribution is 2.37. The summed E-state index contributed by atoms with van der Waals surface area (Å²) in [6.45, 7) is 4.98. The number of alkyl halides is 3. The maximum atomic E-state index is 13.4. The fourth-order valence-corrected chi connectivity index (χ4v) is 3.60. The standard InChI is InChI=1S/C26H22F3N2/c1-17(2)19-11-9-18(10-12-19)16-31-21-6-3-5-20(15-21)22-13-14-30-25-23(22)7-4-8-24(25)26(27,28)29/h3-12,14-15,17,31H,16H2,1-2H3. The topological polar surface area (TPSA) is 24.9 Å². The fraction of sp³-hybridized carbons (Fsp3) is 0.192. The van der Waals surface area contributed by atoms with Gasteiger partial charge in [0.25, 0.3) is 0 Å². The number of benzene rings is 3. The van der Waals surface area contributed by atoms with Crippen LogP contribution in [0.1, 0.15) is 36.5 Å². The predicted octanol–water partition coefficient (Wildman–Crippen LogP) is 7.46. The van der Waals surface area contributed by atoms with E-state index in [1.54, 1.807) is 6.07 Å². The lowest BCUT2D eigenvalue weighted by molar-refractivity contribution is -0.136. The lowest BCUT2D eigenvalue weighted by Gasteiger charge is -2.13. The Balaban J connectivity index is 1.62. The minimum atomic E-state index is -4.46. The summed E-state index contributed by atoms with van der Waals surface area (Å²) in [6.07, 6.45) is -3.15. The van der Waals surface area contributed by atoms with Crippen LogP contribution in [0, 0.1) is 6.07 Å². The van der Waals surface area contributed by atoms with Gasteiger partial charge in [-0.2, -0.15) is 13.2 Å². The first kappa shape index (κ1) is 20.9. The summed E-state index contributed by atoms with van der Waals surface area (Å²) in [6, 6.07) is 23.2. The van der Waals surface area contributed by atoms with E-state index in [-0.39, 0.29) is 5.52 Å². The molecule has 0 saturated carbocycles. The second-order valence-electron chi connectivity index (χ2n) is 7.81. The van der Waals surface area contributed by atoms with Gasteiger partial charge in [0.05, 0.1) is 11.1 Å². The van der Waals surface area contributed by atoms with E-state index < -0.39 is 11.7 Å². The van der Waals surface area contributed by atoms with Crippen LogP contribution < -0.4 is 5.32 Å². The van der Waals surface area contributed by atoms with Crippen LogP contribution in [0.25, 0.3) is 22.0 Å². The lowest BCUT2D eigenvalue weighted by atomic mass is 9.98. The van der Waals surface area contributed by atoms with Crippen LogP contribution in [0.4, 0.5) is 18.9 Å². The van der Waals surface area contributed by atoms with Crippen molar-refractivity contribution >= 4 is 16.6 Å². The number of nitrogens with zero attached hydrogens (tertiary/aromatic N) is 1. The Morgan fingerprint density at radius 3 is 2.42 bits per heavy atom. The molecular formula is C26H22F3N2. The van der Waals surface area contributed by atoms with Gasteiger partial charge < -0.3 is 5.32 Å². The molecule has 0 spiro atoms. The molecule has 4 rings (SSSR count). The summed E-state index contributed by atoms with van der Waals surface area (Å²) >= 11 is 0. The molecule has 1 aromatic heterocycles. The van der Waals surface area contributed by atoms with Gasteiger partial charge in [0.1, 0.15) is 0 Å². The molecule has 31 heavy (non-hydrogen) atoms. The third-order valence-electron chi connectivity index (χ3n) is 5.31. The average Bonchev–Trinajstić information content (AvgIpc) is 2.76. The van der Waals surface area contributed by atoms with Gasteiger partial charge in [0.2, 0.25) is 0 Å². The Hall–Kier alpha value is -3.34. The van der Waals surface area contributed by atoms with Crippen molar-refractivity contribution in [3.63, 3.8) is 0 Å². The number of rotatable bonds is 5. The van der Waals surface area contributed by atoms with Crippen LogP contribution in [0.2, 0.25) is 0 Å². The van der Waals surface area contributed by atoms with Crippen molar-refractivity contribution in [2.45, 2.75) is 32.5 Å². The van der Waals surface area contributed by atoms with Crippen molar-refractivity contribution in [2.24, 2.45) is 0 Å². The average molecular weight is 419 g/mol. The van der Waals surface area contributed by atoms with Crippen molar-refractivity contribution in [3.8, 4) is 11.1 Å². The largest absolute Gasteiger partial charge is 0.418 e. The zero-order chi connectivity index (χ0) is 22.0. The van der Waals surface area contributed by atoms with Crippen LogP contribution in [-0.4, -0.2) is 4.98 Å². The Kier molecular flexibility index (Phi) is 5.68. The zero-order valence-corrected chi connectivity index (χ0v) is 17.3. The molecule has 0 saturated heterocycles. The lowest BCUT2D eigenvalue weighted by Crippen LogP contribution is -2.06. The SMILES string of the molecule is CC(C)c1ccc(CNc2cccc(-c3[c]cnc4c(C(F)(F)F)cccc34)c2)cc1. The van der Waals surface area contributed by atoms with Crippen molar-refractivity contribution in [2.75, 3.05) is 5.32 Å².